The van der Waals surface area contributed by atoms with Crippen molar-refractivity contribution in [3.63, 3.8) is 0 Å². The summed E-state index contributed by atoms with van der Waals surface area (Å²) >= 11 is 0. The highest BCUT2D eigenvalue weighted by atomic mass is 32.2. The number of ether oxygens (including phenoxy) is 1. The van der Waals surface area contributed by atoms with Crippen LogP contribution in [0.25, 0.3) is 0 Å². The monoisotopic (exact) mass is 315 g/mol. The summed E-state index contributed by atoms with van der Waals surface area (Å²) in [5, 5.41) is -0.840. The van der Waals surface area contributed by atoms with Crippen LogP contribution in [0, 0.1) is 18.7 Å². The zero-order chi connectivity index (χ0) is 15.6. The number of carbonyl (C=O) groups is 1. The number of carbonyl (C=O) groups excluding carboxylic acids is 1. The van der Waals surface area contributed by atoms with E-state index in [2.05, 4.69) is 9.46 Å². The van der Waals surface area contributed by atoms with Crippen molar-refractivity contribution in [2.45, 2.75) is 31.4 Å². The number of hydrogen-bond donors (Lipinski definition) is 1. The summed E-state index contributed by atoms with van der Waals surface area (Å²) in [7, 11) is -2.53. The number of anilines is 1. The van der Waals surface area contributed by atoms with Crippen molar-refractivity contribution in [2.24, 2.45) is 5.92 Å². The van der Waals surface area contributed by atoms with E-state index in [-0.39, 0.29) is 11.3 Å². The topological polar surface area (TPSA) is 72.5 Å². The van der Waals surface area contributed by atoms with Gasteiger partial charge in [0.25, 0.3) is 0 Å². The van der Waals surface area contributed by atoms with E-state index < -0.39 is 33.0 Å². The fourth-order valence-electron chi connectivity index (χ4n) is 2.67. The van der Waals surface area contributed by atoms with Gasteiger partial charge in [0.15, 0.2) is 0 Å². The summed E-state index contributed by atoms with van der Waals surface area (Å²) in [5.41, 5.74) is 0.430. The third-order valence-electron chi connectivity index (χ3n) is 3.87. The number of esters is 1. The number of methoxy groups -OCH3 is 1. The molecule has 1 saturated carbocycles. The van der Waals surface area contributed by atoms with Gasteiger partial charge in [0.1, 0.15) is 5.82 Å². The Balaban J connectivity index is 2.26. The third-order valence-corrected chi connectivity index (χ3v) is 5.74. The molecule has 2 unspecified atom stereocenters. The molecule has 1 fully saturated rings. The molecule has 1 N–H and O–H groups in total. The van der Waals surface area contributed by atoms with Crippen molar-refractivity contribution in [2.75, 3.05) is 11.8 Å². The maximum Gasteiger partial charge on any atom is 0.310 e. The molecule has 2 atom stereocenters. The molecule has 0 spiro atoms. The first kappa shape index (κ1) is 15.8. The number of benzene rings is 1. The first-order chi connectivity index (χ1) is 9.86. The second-order valence-corrected chi connectivity index (χ2v) is 7.06. The maximum absolute atomic E-state index is 13.5. The zero-order valence-electron chi connectivity index (χ0n) is 11.9. The van der Waals surface area contributed by atoms with Crippen LogP contribution in [0.5, 0.6) is 0 Å². The normalized spacial score (nSPS) is 22.0. The summed E-state index contributed by atoms with van der Waals surface area (Å²) in [6.07, 6.45) is 1.53. The molecule has 0 bridgehead atoms. The largest absolute Gasteiger partial charge is 0.469 e. The molecular weight excluding hydrogens is 297 g/mol. The summed E-state index contributed by atoms with van der Waals surface area (Å²) in [4.78, 5) is 11.7. The lowest BCUT2D eigenvalue weighted by Gasteiger charge is -2.20. The minimum Gasteiger partial charge on any atom is -0.469 e. The predicted molar refractivity (Wildman–Crippen MR) is 76.8 cm³/mol. The van der Waals surface area contributed by atoms with Crippen LogP contribution < -0.4 is 4.72 Å². The highest BCUT2D eigenvalue weighted by Gasteiger charge is 2.42. The summed E-state index contributed by atoms with van der Waals surface area (Å²) in [6.45, 7) is 1.50. The average Bonchev–Trinajstić information content (AvgIpc) is 2.93. The van der Waals surface area contributed by atoms with Gasteiger partial charge in [-0.05, 0) is 31.9 Å². The summed E-state index contributed by atoms with van der Waals surface area (Å²) in [5.74, 6) is -1.66. The Morgan fingerprint density at radius 1 is 1.38 bits per heavy atom. The van der Waals surface area contributed by atoms with Crippen LogP contribution in [0.1, 0.15) is 24.8 Å². The summed E-state index contributed by atoms with van der Waals surface area (Å²) in [6, 6.07) is 4.20. The van der Waals surface area contributed by atoms with Gasteiger partial charge >= 0.3 is 5.97 Å². The molecule has 21 heavy (non-hydrogen) atoms. The smallest absolute Gasteiger partial charge is 0.310 e. The molecule has 0 saturated heterocycles. The predicted octanol–water partition coefficient (Wildman–Crippen LogP) is 2.22. The van der Waals surface area contributed by atoms with E-state index in [1.54, 1.807) is 0 Å². The first-order valence-electron chi connectivity index (χ1n) is 6.71. The van der Waals surface area contributed by atoms with Crippen LogP contribution in [0.15, 0.2) is 18.2 Å². The van der Waals surface area contributed by atoms with Crippen LogP contribution in [-0.4, -0.2) is 26.7 Å². The SMILES string of the molecule is COC(=O)C1CCCC1S(=O)(=O)Nc1cccc(F)c1C. The third kappa shape index (κ3) is 3.18. The molecule has 116 valence electrons. The number of sulfonamides is 1. The Morgan fingerprint density at radius 2 is 2.10 bits per heavy atom. The second kappa shape index (κ2) is 6.01. The molecule has 1 aromatic carbocycles. The number of halogens is 1. The van der Waals surface area contributed by atoms with E-state index in [1.807, 2.05) is 0 Å². The highest BCUT2D eigenvalue weighted by Crippen LogP contribution is 2.33. The van der Waals surface area contributed by atoms with Crippen molar-refractivity contribution in [3.05, 3.63) is 29.6 Å². The molecule has 0 aromatic heterocycles. The van der Waals surface area contributed by atoms with E-state index in [4.69, 9.17) is 0 Å². The fourth-order valence-corrected chi connectivity index (χ4v) is 4.50. The van der Waals surface area contributed by atoms with Crippen molar-refractivity contribution < 1.29 is 22.3 Å². The van der Waals surface area contributed by atoms with Crippen LogP contribution in [0.3, 0.4) is 0 Å². The van der Waals surface area contributed by atoms with Gasteiger partial charge in [-0.2, -0.15) is 0 Å². The van der Waals surface area contributed by atoms with Crippen LogP contribution in [0.2, 0.25) is 0 Å². The lowest BCUT2D eigenvalue weighted by molar-refractivity contribution is -0.145. The zero-order valence-corrected chi connectivity index (χ0v) is 12.7. The van der Waals surface area contributed by atoms with E-state index >= 15 is 0 Å². The van der Waals surface area contributed by atoms with Gasteiger partial charge in [0, 0.05) is 5.56 Å². The van der Waals surface area contributed by atoms with Crippen LogP contribution in [-0.2, 0) is 19.6 Å². The quantitative estimate of drug-likeness (QED) is 0.865. The molecule has 1 aliphatic carbocycles. The van der Waals surface area contributed by atoms with Crippen LogP contribution in [0.4, 0.5) is 10.1 Å². The Kier molecular flexibility index (Phi) is 4.51. The maximum atomic E-state index is 13.5. The number of rotatable bonds is 4. The standard InChI is InChI=1S/C14H18FNO4S/c1-9-11(15)6-4-7-12(9)16-21(18,19)13-8-3-5-10(13)14(17)20-2/h4,6-7,10,13,16H,3,5,8H2,1-2H3. The van der Waals surface area contributed by atoms with E-state index in [1.165, 1.54) is 32.2 Å². The Labute approximate surface area is 123 Å². The fraction of sp³-hybridized carbons (Fsp3) is 0.500. The van der Waals surface area contributed by atoms with Crippen molar-refractivity contribution in [1.82, 2.24) is 0 Å². The molecule has 2 rings (SSSR count). The minimum absolute atomic E-state index is 0.200. The Hall–Kier alpha value is -1.63. The number of nitrogens with one attached hydrogen (secondary N) is 1. The molecule has 1 aliphatic rings. The molecule has 5 nitrogen and oxygen atoms in total. The van der Waals surface area contributed by atoms with Crippen LogP contribution >= 0.6 is 0 Å². The lowest BCUT2D eigenvalue weighted by Crippen LogP contribution is -2.35. The van der Waals surface area contributed by atoms with Gasteiger partial charge in [0.05, 0.1) is 24.0 Å². The van der Waals surface area contributed by atoms with Crippen molar-refractivity contribution in [3.8, 4) is 0 Å². The van der Waals surface area contributed by atoms with Gasteiger partial charge in [-0.25, -0.2) is 12.8 Å². The summed E-state index contributed by atoms with van der Waals surface area (Å²) < 4.78 is 45.5. The van der Waals surface area contributed by atoms with E-state index in [0.717, 1.165) is 0 Å². The molecular formula is C14H18FNO4S. The molecule has 0 amide bonds. The van der Waals surface area contributed by atoms with Gasteiger partial charge < -0.3 is 4.74 Å². The Morgan fingerprint density at radius 3 is 2.76 bits per heavy atom. The molecule has 0 radical (unpaired) electrons. The second-order valence-electron chi connectivity index (χ2n) is 5.16. The van der Waals surface area contributed by atoms with Gasteiger partial charge in [0.2, 0.25) is 10.0 Å². The van der Waals surface area contributed by atoms with E-state index in [9.17, 15) is 17.6 Å². The molecule has 1 aromatic rings. The van der Waals surface area contributed by atoms with E-state index in [0.29, 0.717) is 19.3 Å². The molecule has 0 heterocycles. The van der Waals surface area contributed by atoms with Crippen molar-refractivity contribution in [1.29, 1.82) is 0 Å². The molecule has 7 heteroatoms. The van der Waals surface area contributed by atoms with Gasteiger partial charge in [-0.1, -0.05) is 12.5 Å². The highest BCUT2D eigenvalue weighted by molar-refractivity contribution is 7.93. The lowest BCUT2D eigenvalue weighted by atomic mass is 10.1. The average molecular weight is 315 g/mol. The minimum atomic E-state index is -3.77. The van der Waals surface area contributed by atoms with Gasteiger partial charge in [-0.3, -0.25) is 9.52 Å². The van der Waals surface area contributed by atoms with Gasteiger partial charge in [-0.15, -0.1) is 0 Å². The number of hydrogen-bond acceptors (Lipinski definition) is 4. The Bertz CT molecular complexity index is 644. The van der Waals surface area contributed by atoms with Crippen molar-refractivity contribution >= 4 is 21.7 Å². The first-order valence-corrected chi connectivity index (χ1v) is 8.26. The molecule has 0 aliphatic heterocycles.